The summed E-state index contributed by atoms with van der Waals surface area (Å²) in [6, 6.07) is 7.56. The second-order valence-electron chi connectivity index (χ2n) is 4.82. The molecule has 0 aliphatic carbocycles. The summed E-state index contributed by atoms with van der Waals surface area (Å²) in [6.45, 7) is 0. The Labute approximate surface area is 151 Å². The van der Waals surface area contributed by atoms with E-state index in [1.54, 1.807) is 0 Å². The van der Waals surface area contributed by atoms with Crippen molar-refractivity contribution in [3.05, 3.63) is 74.3 Å². The molecule has 0 fully saturated rings. The number of benzene rings is 2. The van der Waals surface area contributed by atoms with Crippen LogP contribution in [0.1, 0.15) is 0 Å². The number of hydrogen-bond donors (Lipinski definition) is 0. The van der Waals surface area contributed by atoms with Crippen molar-refractivity contribution in [2.75, 3.05) is 0 Å². The third-order valence-electron chi connectivity index (χ3n) is 3.24. The van der Waals surface area contributed by atoms with Gasteiger partial charge >= 0.3 is 24.1 Å². The van der Waals surface area contributed by atoms with Gasteiger partial charge in [0, 0.05) is 12.1 Å². The molecule has 0 aliphatic heterocycles. The SMILES string of the molecule is [N-]=[N+]=C(S(=O)(=O)c1ccccc1[N+](=O)[O-])S(=O)(=O)c1ccccc1[N+](=O)[O-]. The van der Waals surface area contributed by atoms with Gasteiger partial charge in [-0.1, -0.05) is 24.3 Å². The molecule has 2 aromatic rings. The summed E-state index contributed by atoms with van der Waals surface area (Å²) in [7, 11) is -10.5. The maximum absolute atomic E-state index is 12.6. The molecule has 0 N–H and O–H groups in total. The van der Waals surface area contributed by atoms with E-state index in [-0.39, 0.29) is 0 Å². The molecule has 140 valence electrons. The van der Waals surface area contributed by atoms with Crippen LogP contribution in [0.3, 0.4) is 0 Å². The molecule has 2 rings (SSSR count). The number of sulfone groups is 2. The number of para-hydroxylation sites is 2. The van der Waals surface area contributed by atoms with E-state index in [0.29, 0.717) is 0 Å². The van der Waals surface area contributed by atoms with E-state index in [4.69, 9.17) is 5.53 Å². The van der Waals surface area contributed by atoms with E-state index in [1.165, 1.54) is 0 Å². The van der Waals surface area contributed by atoms with Crippen LogP contribution in [0.25, 0.3) is 5.53 Å². The Balaban J connectivity index is 2.80. The maximum atomic E-state index is 12.6. The van der Waals surface area contributed by atoms with Gasteiger partial charge in [-0.3, -0.25) is 20.2 Å². The van der Waals surface area contributed by atoms with Gasteiger partial charge in [-0.15, -0.1) is 4.79 Å². The largest absolute Gasteiger partial charge is 0.504 e. The Morgan fingerprint density at radius 3 is 1.41 bits per heavy atom. The first-order chi connectivity index (χ1) is 12.5. The van der Waals surface area contributed by atoms with Crippen molar-refractivity contribution < 1.29 is 31.5 Å². The first-order valence-corrected chi connectivity index (χ1v) is 9.71. The first-order valence-electron chi connectivity index (χ1n) is 6.74. The number of nitro benzene ring substituents is 2. The number of hydrogen-bond acceptors (Lipinski definition) is 8. The van der Waals surface area contributed by atoms with Gasteiger partial charge in [-0.2, -0.15) is 0 Å². The van der Waals surface area contributed by atoms with Gasteiger partial charge < -0.3 is 5.53 Å². The highest BCUT2D eigenvalue weighted by Crippen LogP contribution is 2.30. The minimum Gasteiger partial charge on any atom is -0.359 e. The molecule has 27 heavy (non-hydrogen) atoms. The summed E-state index contributed by atoms with van der Waals surface area (Å²) >= 11 is 0. The smallest absolute Gasteiger partial charge is 0.359 e. The van der Waals surface area contributed by atoms with E-state index >= 15 is 0 Å². The minimum atomic E-state index is -5.23. The topological polar surface area (TPSA) is 191 Å². The van der Waals surface area contributed by atoms with Crippen LogP contribution in [0.2, 0.25) is 0 Å². The summed E-state index contributed by atoms with van der Waals surface area (Å²) in [5.41, 5.74) is 7.15. The second-order valence-corrected chi connectivity index (χ2v) is 8.75. The van der Waals surface area contributed by atoms with Crippen molar-refractivity contribution in [1.82, 2.24) is 0 Å². The molecule has 0 spiro atoms. The van der Waals surface area contributed by atoms with Crippen LogP contribution in [-0.4, -0.2) is 35.8 Å². The molecule has 0 bridgehead atoms. The predicted octanol–water partition coefficient (Wildman–Crippen LogP) is 1.34. The van der Waals surface area contributed by atoms with Crippen molar-refractivity contribution in [3.8, 4) is 0 Å². The van der Waals surface area contributed by atoms with Crippen LogP contribution < -0.4 is 0 Å². The summed E-state index contributed by atoms with van der Waals surface area (Å²) in [5, 5.41) is 22.1. The van der Waals surface area contributed by atoms with Crippen molar-refractivity contribution in [2.24, 2.45) is 0 Å². The number of nitrogens with zero attached hydrogens (tertiary/aromatic N) is 4. The zero-order chi connectivity index (χ0) is 20.4. The van der Waals surface area contributed by atoms with E-state index in [1.807, 2.05) is 0 Å². The Morgan fingerprint density at radius 1 is 0.778 bits per heavy atom. The van der Waals surface area contributed by atoms with Crippen LogP contribution >= 0.6 is 0 Å². The van der Waals surface area contributed by atoms with E-state index < -0.39 is 55.1 Å². The van der Waals surface area contributed by atoms with Crippen LogP contribution in [0, 0.1) is 20.2 Å². The lowest BCUT2D eigenvalue weighted by Gasteiger charge is -2.04. The molecule has 0 saturated carbocycles. The average Bonchev–Trinajstić information content (AvgIpc) is 2.61. The molecule has 0 aliphatic rings. The molecule has 0 radical (unpaired) electrons. The third kappa shape index (κ3) is 3.44. The van der Waals surface area contributed by atoms with Gasteiger partial charge in [0.05, 0.1) is 9.85 Å². The van der Waals surface area contributed by atoms with Gasteiger partial charge in [0.15, 0.2) is 9.79 Å². The first kappa shape index (κ1) is 19.8. The molecule has 0 aromatic heterocycles. The monoisotopic (exact) mass is 412 g/mol. The lowest BCUT2D eigenvalue weighted by molar-refractivity contribution is -0.388. The molecular formula is C13H8N4O8S2. The van der Waals surface area contributed by atoms with Crippen molar-refractivity contribution in [1.29, 1.82) is 0 Å². The minimum absolute atomic E-state index is 0.744. The van der Waals surface area contributed by atoms with Gasteiger partial charge in [-0.25, -0.2) is 16.8 Å². The Morgan fingerprint density at radius 2 is 1.11 bits per heavy atom. The normalized spacial score (nSPS) is 11.4. The highest BCUT2D eigenvalue weighted by Gasteiger charge is 2.48. The van der Waals surface area contributed by atoms with E-state index in [9.17, 15) is 37.1 Å². The highest BCUT2D eigenvalue weighted by atomic mass is 32.3. The van der Waals surface area contributed by atoms with Gasteiger partial charge in [-0.05, 0) is 12.1 Å². The molecule has 0 unspecified atom stereocenters. The van der Waals surface area contributed by atoms with Gasteiger partial charge in [0.1, 0.15) is 0 Å². The summed E-state index contributed by atoms with van der Waals surface area (Å²) < 4.78 is 48.7. The number of nitro groups is 2. The van der Waals surface area contributed by atoms with Crippen molar-refractivity contribution in [2.45, 2.75) is 9.79 Å². The molecular weight excluding hydrogens is 404 g/mol. The Kier molecular flexibility index (Phi) is 5.16. The number of rotatable bonds is 4. The van der Waals surface area contributed by atoms with E-state index in [2.05, 4.69) is 4.79 Å². The molecule has 12 nitrogen and oxygen atoms in total. The fourth-order valence-electron chi connectivity index (χ4n) is 2.11. The lowest BCUT2D eigenvalue weighted by atomic mass is 10.3. The summed E-state index contributed by atoms with van der Waals surface area (Å²) in [5.74, 6) is 0. The molecule has 2 aromatic carbocycles. The van der Waals surface area contributed by atoms with E-state index in [0.717, 1.165) is 48.5 Å². The highest BCUT2D eigenvalue weighted by molar-refractivity contribution is 8.31. The fourth-order valence-corrected chi connectivity index (χ4v) is 5.75. The summed E-state index contributed by atoms with van der Waals surface area (Å²) in [6.07, 6.45) is 0. The second kappa shape index (κ2) is 7.03. The zero-order valence-electron chi connectivity index (χ0n) is 13.0. The molecule has 0 atom stereocenters. The van der Waals surface area contributed by atoms with Crippen LogP contribution in [0.4, 0.5) is 11.4 Å². The van der Waals surface area contributed by atoms with Gasteiger partial charge in [0.25, 0.3) is 11.4 Å². The lowest BCUT2D eigenvalue weighted by Crippen LogP contribution is -2.27. The van der Waals surface area contributed by atoms with Crippen LogP contribution in [0.15, 0.2) is 58.3 Å². The zero-order valence-corrected chi connectivity index (χ0v) is 14.6. The van der Waals surface area contributed by atoms with Gasteiger partial charge in [0.2, 0.25) is 0 Å². The molecule has 0 heterocycles. The molecule has 14 heteroatoms. The predicted molar refractivity (Wildman–Crippen MR) is 89.2 cm³/mol. The Bertz CT molecular complexity index is 1120. The molecule has 0 amide bonds. The Hall–Kier alpha value is -3.48. The van der Waals surface area contributed by atoms with Crippen LogP contribution in [-0.2, 0) is 19.7 Å². The quantitative estimate of drug-likeness (QED) is 0.179. The van der Waals surface area contributed by atoms with Crippen molar-refractivity contribution in [3.63, 3.8) is 0 Å². The summed E-state index contributed by atoms with van der Waals surface area (Å²) in [4.78, 5) is 20.1. The standard InChI is InChI=1S/C13H8N4O8S2/c14-15-13(26(22,23)11-7-3-1-5-9(11)16(18)19)27(24,25)12-8-4-2-6-10(12)17(20)21/h1-8H. The fraction of sp³-hybridized carbons (Fsp3) is 0. The third-order valence-corrected chi connectivity index (χ3v) is 7.49. The molecule has 0 saturated heterocycles. The van der Waals surface area contributed by atoms with Crippen molar-refractivity contribution >= 4 is 35.4 Å². The maximum Gasteiger partial charge on any atom is 0.504 e. The average molecular weight is 412 g/mol. The van der Waals surface area contributed by atoms with Crippen LogP contribution in [0.5, 0.6) is 0 Å².